The number of carbonyl (C=O) groups is 4. The fraction of sp³-hybridized carbons (Fsp3) is 0.111. The van der Waals surface area contributed by atoms with Crippen LogP contribution >= 0.6 is 0 Å². The van der Waals surface area contributed by atoms with Gasteiger partial charge in [0.2, 0.25) is 5.91 Å². The third-order valence-electron chi connectivity index (χ3n) is 4.09. The Kier molecular flexibility index (Phi) is 4.17. The molecular weight excluding hydrogens is 340 g/mol. The lowest BCUT2D eigenvalue weighted by Gasteiger charge is -2.21. The predicted octanol–water partition coefficient (Wildman–Crippen LogP) is 1.71. The molecule has 8 heteroatoms. The van der Waals surface area contributed by atoms with Crippen LogP contribution in [0.5, 0.6) is 5.75 Å². The Morgan fingerprint density at radius 2 is 1.62 bits per heavy atom. The van der Waals surface area contributed by atoms with E-state index in [-0.39, 0.29) is 22.4 Å². The van der Waals surface area contributed by atoms with E-state index >= 15 is 0 Å². The monoisotopic (exact) mass is 354 g/mol. The van der Waals surface area contributed by atoms with Gasteiger partial charge >= 0.3 is 5.97 Å². The van der Waals surface area contributed by atoms with Crippen molar-refractivity contribution in [3.8, 4) is 5.75 Å². The van der Waals surface area contributed by atoms with Crippen molar-refractivity contribution in [3.05, 3.63) is 59.2 Å². The minimum atomic E-state index is -1.35. The molecule has 1 heterocycles. The number of carboxylic acid groups (broad SMARTS) is 1. The topological polar surface area (TPSA) is 124 Å². The van der Waals surface area contributed by atoms with E-state index in [9.17, 15) is 24.3 Å². The van der Waals surface area contributed by atoms with Crippen LogP contribution in [0, 0.1) is 0 Å². The minimum absolute atomic E-state index is 0.119. The summed E-state index contributed by atoms with van der Waals surface area (Å²) in [5.74, 6) is -3.59. The second kappa shape index (κ2) is 6.32. The zero-order valence-electron chi connectivity index (χ0n) is 13.6. The normalized spacial score (nSPS) is 14.1. The van der Waals surface area contributed by atoms with Crippen LogP contribution in [0.4, 0.5) is 5.69 Å². The first-order valence-electron chi connectivity index (χ1n) is 7.65. The van der Waals surface area contributed by atoms with Gasteiger partial charge in [0.05, 0.1) is 11.1 Å². The maximum atomic E-state index is 12.4. The number of amides is 3. The number of anilines is 1. The molecule has 3 amide bonds. The van der Waals surface area contributed by atoms with Gasteiger partial charge in [-0.15, -0.1) is 0 Å². The molecule has 0 aliphatic carbocycles. The van der Waals surface area contributed by atoms with Gasteiger partial charge < -0.3 is 15.5 Å². The lowest BCUT2D eigenvalue weighted by Crippen LogP contribution is -2.45. The predicted molar refractivity (Wildman–Crippen MR) is 90.1 cm³/mol. The fourth-order valence-electron chi connectivity index (χ4n) is 2.71. The number of rotatable bonds is 4. The highest BCUT2D eigenvalue weighted by atomic mass is 16.4. The SMILES string of the molecule is CC(C(=O)Nc1ccc(O)c(C(=O)O)c1)N1C(=O)c2ccccc2C1=O. The number of nitrogens with zero attached hydrogens (tertiary/aromatic N) is 1. The summed E-state index contributed by atoms with van der Waals surface area (Å²) in [6, 6.07) is 8.71. The van der Waals surface area contributed by atoms with Crippen molar-refractivity contribution < 1.29 is 29.4 Å². The van der Waals surface area contributed by atoms with Gasteiger partial charge in [-0.2, -0.15) is 0 Å². The molecule has 0 bridgehead atoms. The number of hydrogen-bond donors (Lipinski definition) is 3. The van der Waals surface area contributed by atoms with Crippen molar-refractivity contribution in [3.63, 3.8) is 0 Å². The summed E-state index contributed by atoms with van der Waals surface area (Å²) in [5, 5.41) is 21.0. The molecule has 0 aromatic heterocycles. The van der Waals surface area contributed by atoms with Crippen molar-refractivity contribution in [2.75, 3.05) is 5.32 Å². The third kappa shape index (κ3) is 2.77. The molecule has 2 aromatic carbocycles. The molecule has 26 heavy (non-hydrogen) atoms. The third-order valence-corrected chi connectivity index (χ3v) is 4.09. The Morgan fingerprint density at radius 1 is 1.04 bits per heavy atom. The summed E-state index contributed by atoms with van der Waals surface area (Å²) >= 11 is 0. The van der Waals surface area contributed by atoms with Crippen LogP contribution in [0.2, 0.25) is 0 Å². The summed E-state index contributed by atoms with van der Waals surface area (Å²) in [5.41, 5.74) is 0.203. The smallest absolute Gasteiger partial charge is 0.339 e. The number of fused-ring (bicyclic) bond motifs is 1. The number of carboxylic acids is 1. The molecule has 1 aliphatic rings. The van der Waals surface area contributed by atoms with Gasteiger partial charge in [0, 0.05) is 5.69 Å². The number of aromatic carboxylic acids is 1. The largest absolute Gasteiger partial charge is 0.507 e. The van der Waals surface area contributed by atoms with Crippen LogP contribution in [0.15, 0.2) is 42.5 Å². The van der Waals surface area contributed by atoms with Gasteiger partial charge in [-0.1, -0.05) is 12.1 Å². The zero-order valence-corrected chi connectivity index (χ0v) is 13.6. The molecule has 0 radical (unpaired) electrons. The summed E-state index contributed by atoms with van der Waals surface area (Å²) in [7, 11) is 0. The van der Waals surface area contributed by atoms with Crippen LogP contribution in [-0.2, 0) is 4.79 Å². The van der Waals surface area contributed by atoms with E-state index in [1.54, 1.807) is 12.1 Å². The van der Waals surface area contributed by atoms with Crippen LogP contribution in [0.3, 0.4) is 0 Å². The molecular formula is C18H14N2O6. The number of nitrogens with one attached hydrogen (secondary N) is 1. The molecule has 1 unspecified atom stereocenters. The molecule has 0 spiro atoms. The van der Waals surface area contributed by atoms with Crippen LogP contribution in [0.1, 0.15) is 38.0 Å². The van der Waals surface area contributed by atoms with Crippen molar-refractivity contribution >= 4 is 29.4 Å². The maximum absolute atomic E-state index is 12.4. The van der Waals surface area contributed by atoms with Gasteiger partial charge in [0.25, 0.3) is 11.8 Å². The molecule has 0 fully saturated rings. The zero-order chi connectivity index (χ0) is 19.0. The quantitative estimate of drug-likeness (QED) is 0.567. The highest BCUT2D eigenvalue weighted by Crippen LogP contribution is 2.26. The Balaban J connectivity index is 1.81. The first-order valence-corrected chi connectivity index (χ1v) is 7.65. The first kappa shape index (κ1) is 17.2. The summed E-state index contributed by atoms with van der Waals surface area (Å²) in [4.78, 5) is 49.2. The van der Waals surface area contributed by atoms with Gasteiger partial charge in [-0.3, -0.25) is 19.3 Å². The van der Waals surface area contributed by atoms with Crippen molar-refractivity contribution in [1.29, 1.82) is 0 Å². The molecule has 8 nitrogen and oxygen atoms in total. The van der Waals surface area contributed by atoms with Crippen LogP contribution in [0.25, 0.3) is 0 Å². The van der Waals surface area contributed by atoms with Crippen LogP contribution < -0.4 is 5.32 Å². The number of hydrogen-bond acceptors (Lipinski definition) is 5. The second-order valence-electron chi connectivity index (χ2n) is 5.73. The Labute approximate surface area is 147 Å². The molecule has 1 aliphatic heterocycles. The van der Waals surface area contributed by atoms with E-state index in [4.69, 9.17) is 5.11 Å². The molecule has 0 saturated carbocycles. The van der Waals surface area contributed by atoms with Crippen molar-refractivity contribution in [2.24, 2.45) is 0 Å². The van der Waals surface area contributed by atoms with E-state index in [2.05, 4.69) is 5.32 Å². The number of carbonyl (C=O) groups excluding carboxylic acids is 3. The Bertz CT molecular complexity index is 917. The highest BCUT2D eigenvalue weighted by molar-refractivity contribution is 6.23. The Hall–Kier alpha value is -3.68. The summed E-state index contributed by atoms with van der Waals surface area (Å²) in [6.45, 7) is 1.40. The number of aromatic hydroxyl groups is 1. The molecule has 1 atom stereocenters. The van der Waals surface area contributed by atoms with Gasteiger partial charge in [-0.05, 0) is 37.3 Å². The van der Waals surface area contributed by atoms with E-state index < -0.39 is 35.5 Å². The average Bonchev–Trinajstić information content (AvgIpc) is 2.87. The van der Waals surface area contributed by atoms with E-state index in [1.807, 2.05) is 0 Å². The van der Waals surface area contributed by atoms with Crippen molar-refractivity contribution in [2.45, 2.75) is 13.0 Å². The Morgan fingerprint density at radius 3 is 2.15 bits per heavy atom. The number of phenols is 1. The van der Waals surface area contributed by atoms with E-state index in [0.717, 1.165) is 17.0 Å². The summed E-state index contributed by atoms with van der Waals surface area (Å²) in [6.07, 6.45) is 0. The summed E-state index contributed by atoms with van der Waals surface area (Å²) < 4.78 is 0. The van der Waals surface area contributed by atoms with E-state index in [0.29, 0.717) is 0 Å². The standard InChI is InChI=1S/C18H14N2O6/c1-9(20-16(23)11-4-2-3-5-12(11)17(20)24)15(22)19-10-6-7-14(21)13(8-10)18(25)26/h2-9,21H,1H3,(H,19,22)(H,25,26). The van der Waals surface area contributed by atoms with Crippen LogP contribution in [-0.4, -0.2) is 44.8 Å². The number of benzene rings is 2. The molecule has 3 N–H and O–H groups in total. The number of imide groups is 1. The molecule has 0 saturated heterocycles. The highest BCUT2D eigenvalue weighted by Gasteiger charge is 2.40. The molecule has 3 rings (SSSR count). The second-order valence-corrected chi connectivity index (χ2v) is 5.73. The van der Waals surface area contributed by atoms with Gasteiger partial charge in [0.15, 0.2) is 0 Å². The average molecular weight is 354 g/mol. The first-order chi connectivity index (χ1) is 12.3. The lowest BCUT2D eigenvalue weighted by atomic mass is 10.1. The van der Waals surface area contributed by atoms with E-state index in [1.165, 1.54) is 25.1 Å². The molecule has 2 aromatic rings. The molecule has 132 valence electrons. The maximum Gasteiger partial charge on any atom is 0.339 e. The minimum Gasteiger partial charge on any atom is -0.507 e. The van der Waals surface area contributed by atoms with Gasteiger partial charge in [-0.25, -0.2) is 4.79 Å². The van der Waals surface area contributed by atoms with Crippen molar-refractivity contribution in [1.82, 2.24) is 4.90 Å². The van der Waals surface area contributed by atoms with Gasteiger partial charge in [0.1, 0.15) is 17.4 Å². The fourth-order valence-corrected chi connectivity index (χ4v) is 2.71. The lowest BCUT2D eigenvalue weighted by molar-refractivity contribution is -0.119.